The molecule has 0 spiro atoms. The normalized spacial score (nSPS) is 20.4. The lowest BCUT2D eigenvalue weighted by atomic mass is 9.82. The first-order valence-electron chi connectivity index (χ1n) is 11.3. The Hall–Kier alpha value is -2.64. The highest BCUT2D eigenvalue weighted by Gasteiger charge is 2.42. The molecule has 0 heterocycles. The lowest BCUT2D eigenvalue weighted by molar-refractivity contribution is 0.107. The monoisotopic (exact) mass is 395 g/mol. The zero-order valence-corrected chi connectivity index (χ0v) is 18.2. The summed E-state index contributed by atoms with van der Waals surface area (Å²) in [7, 11) is 2.33. The minimum atomic E-state index is 0.0242. The molecule has 0 aliphatic heterocycles. The number of rotatable bonds is 9. The van der Waals surface area contributed by atoms with E-state index in [0.29, 0.717) is 0 Å². The fraction of sp³-hybridized carbons (Fsp3) is 0.310. The number of hydrogen-bond donors (Lipinski definition) is 0. The Labute approximate surface area is 182 Å². The highest BCUT2D eigenvalue weighted by atomic mass is 15.2. The zero-order valence-electron chi connectivity index (χ0n) is 18.2. The Bertz CT molecular complexity index is 932. The molecular weight excluding hydrogens is 362 g/mol. The van der Waals surface area contributed by atoms with Gasteiger partial charge in [0.05, 0.1) is 0 Å². The Kier molecular flexibility index (Phi) is 6.50. The molecule has 0 amide bonds. The molecule has 154 valence electrons. The van der Waals surface area contributed by atoms with Crippen molar-refractivity contribution >= 4 is 6.08 Å². The fourth-order valence-electron chi connectivity index (χ4n) is 4.90. The second kappa shape index (κ2) is 9.45. The second-order valence-corrected chi connectivity index (χ2v) is 8.66. The summed E-state index contributed by atoms with van der Waals surface area (Å²) in [6.45, 7) is 3.48. The summed E-state index contributed by atoms with van der Waals surface area (Å²) in [5.41, 5.74) is 4.21. The summed E-state index contributed by atoms with van der Waals surface area (Å²) in [5.74, 6) is 1.48. The first-order valence-corrected chi connectivity index (χ1v) is 11.3. The standard InChI is InChI=1S/C29H33N/c1-3-29(27-19-11-6-12-20-27,21-13-16-24-14-7-4-8-15-24)30(2)23-26-22-28(26)25-17-9-5-10-18-25/h4-20,26,28H,3,21-23H2,1-2H3/b16-13+/t26-,28-,29?/m0/s1. The van der Waals surface area contributed by atoms with Gasteiger partial charge in [-0.25, -0.2) is 0 Å². The third-order valence-electron chi connectivity index (χ3n) is 6.85. The van der Waals surface area contributed by atoms with Crippen molar-refractivity contribution in [3.05, 3.63) is 114 Å². The van der Waals surface area contributed by atoms with E-state index >= 15 is 0 Å². The van der Waals surface area contributed by atoms with Crippen LogP contribution in [0.4, 0.5) is 0 Å². The zero-order chi connectivity index (χ0) is 20.8. The number of benzene rings is 3. The predicted octanol–water partition coefficient (Wildman–Crippen LogP) is 7.13. The molecule has 0 N–H and O–H groups in total. The average molecular weight is 396 g/mol. The molecule has 30 heavy (non-hydrogen) atoms. The summed E-state index contributed by atoms with van der Waals surface area (Å²) < 4.78 is 0. The molecule has 3 aromatic carbocycles. The van der Waals surface area contributed by atoms with Gasteiger partial charge in [0, 0.05) is 12.1 Å². The minimum Gasteiger partial charge on any atom is -0.296 e. The van der Waals surface area contributed by atoms with Gasteiger partial charge in [-0.15, -0.1) is 0 Å². The van der Waals surface area contributed by atoms with Crippen molar-refractivity contribution in [1.29, 1.82) is 0 Å². The van der Waals surface area contributed by atoms with E-state index in [4.69, 9.17) is 0 Å². The van der Waals surface area contributed by atoms with Crippen LogP contribution in [0, 0.1) is 5.92 Å². The van der Waals surface area contributed by atoms with Crippen LogP contribution in [0.2, 0.25) is 0 Å². The third-order valence-corrected chi connectivity index (χ3v) is 6.85. The van der Waals surface area contributed by atoms with Crippen molar-refractivity contribution in [1.82, 2.24) is 4.90 Å². The maximum atomic E-state index is 2.63. The Morgan fingerprint density at radius 1 is 0.867 bits per heavy atom. The molecule has 1 fully saturated rings. The number of hydrogen-bond acceptors (Lipinski definition) is 1. The molecule has 3 aromatic rings. The van der Waals surface area contributed by atoms with Gasteiger partial charge < -0.3 is 0 Å². The van der Waals surface area contributed by atoms with Crippen LogP contribution in [0.5, 0.6) is 0 Å². The van der Waals surface area contributed by atoms with Crippen molar-refractivity contribution in [3.63, 3.8) is 0 Å². The number of nitrogens with zero attached hydrogens (tertiary/aromatic N) is 1. The maximum absolute atomic E-state index is 2.63. The highest BCUT2D eigenvalue weighted by Crippen LogP contribution is 2.49. The van der Waals surface area contributed by atoms with Crippen LogP contribution in [0.1, 0.15) is 48.8 Å². The Morgan fingerprint density at radius 3 is 2.10 bits per heavy atom. The van der Waals surface area contributed by atoms with E-state index in [1.807, 2.05) is 0 Å². The van der Waals surface area contributed by atoms with E-state index in [1.165, 1.54) is 23.1 Å². The van der Waals surface area contributed by atoms with E-state index in [-0.39, 0.29) is 5.54 Å². The third kappa shape index (κ3) is 4.57. The molecular formula is C29H33N. The molecule has 1 aliphatic carbocycles. The van der Waals surface area contributed by atoms with E-state index < -0.39 is 0 Å². The van der Waals surface area contributed by atoms with Crippen molar-refractivity contribution in [3.8, 4) is 0 Å². The Balaban J connectivity index is 1.53. The van der Waals surface area contributed by atoms with Crippen LogP contribution < -0.4 is 0 Å². The molecule has 1 saturated carbocycles. The Morgan fingerprint density at radius 2 is 1.47 bits per heavy atom. The molecule has 4 rings (SSSR count). The van der Waals surface area contributed by atoms with Crippen molar-refractivity contribution in [2.24, 2.45) is 5.92 Å². The molecule has 3 atom stereocenters. The summed E-state index contributed by atoms with van der Waals surface area (Å²) in [6, 6.07) is 32.7. The first-order chi connectivity index (χ1) is 14.7. The summed E-state index contributed by atoms with van der Waals surface area (Å²) >= 11 is 0. The van der Waals surface area contributed by atoms with Gasteiger partial charge in [0.25, 0.3) is 0 Å². The second-order valence-electron chi connectivity index (χ2n) is 8.66. The van der Waals surface area contributed by atoms with Crippen LogP contribution >= 0.6 is 0 Å². The smallest absolute Gasteiger partial charge is 0.0489 e. The van der Waals surface area contributed by atoms with E-state index in [2.05, 4.69) is 122 Å². The van der Waals surface area contributed by atoms with Gasteiger partial charge in [-0.2, -0.15) is 0 Å². The van der Waals surface area contributed by atoms with Crippen LogP contribution in [-0.4, -0.2) is 18.5 Å². The average Bonchev–Trinajstić information content (AvgIpc) is 3.58. The van der Waals surface area contributed by atoms with Crippen molar-refractivity contribution < 1.29 is 0 Å². The van der Waals surface area contributed by atoms with Gasteiger partial charge in [-0.1, -0.05) is 110 Å². The van der Waals surface area contributed by atoms with Gasteiger partial charge in [0.2, 0.25) is 0 Å². The molecule has 0 radical (unpaired) electrons. The van der Waals surface area contributed by atoms with E-state index in [0.717, 1.165) is 31.2 Å². The van der Waals surface area contributed by atoms with Crippen molar-refractivity contribution in [2.75, 3.05) is 13.6 Å². The highest BCUT2D eigenvalue weighted by molar-refractivity contribution is 5.49. The first kappa shape index (κ1) is 20.6. The van der Waals surface area contributed by atoms with Crippen LogP contribution in [0.25, 0.3) is 6.08 Å². The van der Waals surface area contributed by atoms with Crippen LogP contribution in [0.3, 0.4) is 0 Å². The molecule has 0 saturated heterocycles. The van der Waals surface area contributed by atoms with Crippen molar-refractivity contribution in [2.45, 2.75) is 37.6 Å². The van der Waals surface area contributed by atoms with Gasteiger partial charge in [0.1, 0.15) is 0 Å². The summed E-state index contributed by atoms with van der Waals surface area (Å²) in [6.07, 6.45) is 8.05. The minimum absolute atomic E-state index is 0.0242. The van der Waals surface area contributed by atoms with E-state index in [9.17, 15) is 0 Å². The van der Waals surface area contributed by atoms with Crippen LogP contribution in [0.15, 0.2) is 97.1 Å². The van der Waals surface area contributed by atoms with Gasteiger partial charge >= 0.3 is 0 Å². The lowest BCUT2D eigenvalue weighted by Crippen LogP contribution is -2.44. The predicted molar refractivity (Wildman–Crippen MR) is 128 cm³/mol. The molecule has 1 nitrogen and oxygen atoms in total. The fourth-order valence-corrected chi connectivity index (χ4v) is 4.90. The maximum Gasteiger partial charge on any atom is 0.0489 e. The van der Waals surface area contributed by atoms with Crippen LogP contribution in [-0.2, 0) is 5.54 Å². The largest absolute Gasteiger partial charge is 0.296 e. The molecule has 1 heteroatoms. The SMILES string of the molecule is CCC(C/C=C/c1ccccc1)(c1ccccc1)N(C)C[C@@H]1C[C@H]1c1ccccc1. The summed E-state index contributed by atoms with van der Waals surface area (Å²) in [4.78, 5) is 2.63. The lowest BCUT2D eigenvalue weighted by Gasteiger charge is -2.42. The molecule has 0 aromatic heterocycles. The molecule has 1 aliphatic rings. The molecule has 1 unspecified atom stereocenters. The van der Waals surface area contributed by atoms with E-state index in [1.54, 1.807) is 0 Å². The van der Waals surface area contributed by atoms with Gasteiger partial charge in [-0.05, 0) is 54.8 Å². The van der Waals surface area contributed by atoms with Gasteiger partial charge in [0.15, 0.2) is 0 Å². The summed E-state index contributed by atoms with van der Waals surface area (Å²) in [5, 5.41) is 0. The van der Waals surface area contributed by atoms with Gasteiger partial charge in [-0.3, -0.25) is 4.90 Å². The topological polar surface area (TPSA) is 3.24 Å². The quantitative estimate of drug-likeness (QED) is 0.372. The molecule has 0 bridgehead atoms.